The van der Waals surface area contributed by atoms with Crippen molar-refractivity contribution in [2.45, 2.75) is 39.0 Å². The van der Waals surface area contributed by atoms with E-state index in [0.29, 0.717) is 30.3 Å². The fourth-order valence-electron chi connectivity index (χ4n) is 2.10. The molecule has 0 bridgehead atoms. The third-order valence-corrected chi connectivity index (χ3v) is 5.89. The van der Waals surface area contributed by atoms with Crippen LogP contribution in [0.2, 0.25) is 0 Å². The first-order valence-electron chi connectivity index (χ1n) is 7.25. The van der Waals surface area contributed by atoms with E-state index in [-0.39, 0.29) is 28.9 Å². The Morgan fingerprint density at radius 2 is 1.95 bits per heavy atom. The lowest BCUT2D eigenvalue weighted by atomic mass is 9.96. The topological polar surface area (TPSA) is 101 Å². The molecule has 0 radical (unpaired) electrons. The van der Waals surface area contributed by atoms with Gasteiger partial charge >= 0.3 is 6.03 Å². The number of nitrogens with one attached hydrogen (secondary N) is 2. The number of carbonyl (C=O) groups excluding carboxylic acids is 1. The molecule has 2 N–H and O–H groups in total. The van der Waals surface area contributed by atoms with Gasteiger partial charge < -0.3 is 5.32 Å². The number of amides is 2. The maximum Gasteiger partial charge on any atom is 0.321 e. The van der Waals surface area contributed by atoms with Gasteiger partial charge in [0, 0.05) is 23.5 Å². The van der Waals surface area contributed by atoms with Crippen LogP contribution in [-0.4, -0.2) is 41.9 Å². The summed E-state index contributed by atoms with van der Waals surface area (Å²) in [5.74, 6) is 1.35. The Morgan fingerprint density at radius 3 is 2.50 bits per heavy atom. The predicted molar refractivity (Wildman–Crippen MR) is 87.0 cm³/mol. The molecule has 22 heavy (non-hydrogen) atoms. The van der Waals surface area contributed by atoms with E-state index < -0.39 is 9.84 Å². The molecule has 124 valence electrons. The number of nitrogens with zero attached hydrogens (tertiary/aromatic N) is 2. The van der Waals surface area contributed by atoms with Gasteiger partial charge in [-0.25, -0.2) is 18.2 Å². The van der Waals surface area contributed by atoms with E-state index in [1.165, 1.54) is 0 Å². The van der Waals surface area contributed by atoms with Crippen LogP contribution >= 0.6 is 11.5 Å². The van der Waals surface area contributed by atoms with Crippen LogP contribution in [0.15, 0.2) is 0 Å². The Morgan fingerprint density at radius 1 is 1.32 bits per heavy atom. The average molecular weight is 346 g/mol. The van der Waals surface area contributed by atoms with Crippen molar-refractivity contribution in [1.29, 1.82) is 0 Å². The third kappa shape index (κ3) is 4.91. The molecular formula is C13H22N4O3S2. The Labute approximate surface area is 135 Å². The molecule has 2 amide bonds. The number of hydrogen-bond donors (Lipinski definition) is 2. The largest absolute Gasteiger partial charge is 0.338 e. The van der Waals surface area contributed by atoms with Crippen LogP contribution in [-0.2, 0) is 15.3 Å². The highest BCUT2D eigenvalue weighted by molar-refractivity contribution is 7.91. The van der Waals surface area contributed by atoms with Gasteiger partial charge in [-0.1, -0.05) is 20.8 Å². The monoisotopic (exact) mass is 346 g/mol. The van der Waals surface area contributed by atoms with Crippen molar-refractivity contribution in [3.8, 4) is 0 Å². The summed E-state index contributed by atoms with van der Waals surface area (Å²) in [5.41, 5.74) is -0.152. The van der Waals surface area contributed by atoms with E-state index in [1.54, 1.807) is 0 Å². The van der Waals surface area contributed by atoms with Crippen molar-refractivity contribution in [2.75, 3.05) is 23.4 Å². The molecule has 1 aliphatic heterocycles. The molecule has 1 aromatic rings. The van der Waals surface area contributed by atoms with Crippen molar-refractivity contribution >= 4 is 32.5 Å². The van der Waals surface area contributed by atoms with Crippen molar-refractivity contribution in [3.63, 3.8) is 0 Å². The van der Waals surface area contributed by atoms with E-state index in [4.69, 9.17) is 0 Å². The Bertz CT molecular complexity index is 620. The summed E-state index contributed by atoms with van der Waals surface area (Å²) < 4.78 is 26.9. The van der Waals surface area contributed by atoms with Crippen LogP contribution in [0, 0.1) is 5.92 Å². The second kappa shape index (κ2) is 6.49. The maximum absolute atomic E-state index is 11.8. The molecule has 2 rings (SSSR count). The van der Waals surface area contributed by atoms with Crippen LogP contribution in [0.3, 0.4) is 0 Å². The molecule has 0 spiro atoms. The van der Waals surface area contributed by atoms with E-state index in [0.717, 1.165) is 11.5 Å². The molecule has 1 fully saturated rings. The normalized spacial score (nSPS) is 18.9. The number of sulfone groups is 1. The molecule has 9 heteroatoms. The average Bonchev–Trinajstić information content (AvgIpc) is 2.86. The zero-order chi connectivity index (χ0) is 16.4. The lowest BCUT2D eigenvalue weighted by molar-refractivity contribution is 0.249. The van der Waals surface area contributed by atoms with Gasteiger partial charge in [0.05, 0.1) is 11.5 Å². The molecule has 0 aliphatic carbocycles. The highest BCUT2D eigenvalue weighted by Crippen LogP contribution is 2.23. The summed E-state index contributed by atoms with van der Waals surface area (Å²) in [6.45, 7) is 6.51. The van der Waals surface area contributed by atoms with E-state index in [2.05, 4.69) is 20.0 Å². The Hall–Kier alpha value is -1.22. The van der Waals surface area contributed by atoms with Gasteiger partial charge in [0.1, 0.15) is 15.7 Å². The van der Waals surface area contributed by atoms with Crippen LogP contribution in [0.5, 0.6) is 0 Å². The number of carbonyl (C=O) groups is 1. The summed E-state index contributed by atoms with van der Waals surface area (Å²) in [6, 6.07) is -0.329. The van der Waals surface area contributed by atoms with Gasteiger partial charge in [-0.05, 0) is 18.8 Å². The maximum atomic E-state index is 11.8. The molecule has 1 aromatic heterocycles. The smallest absolute Gasteiger partial charge is 0.321 e. The SMILES string of the molecule is CC(C)(C)c1nsc(NC(=O)NCC2CCS(=O)(=O)CC2)n1. The van der Waals surface area contributed by atoms with Crippen LogP contribution in [0.4, 0.5) is 9.93 Å². The number of aromatic nitrogens is 2. The van der Waals surface area contributed by atoms with Crippen molar-refractivity contribution in [1.82, 2.24) is 14.7 Å². The van der Waals surface area contributed by atoms with Gasteiger partial charge in [-0.2, -0.15) is 4.37 Å². The first-order chi connectivity index (χ1) is 10.2. The molecule has 1 aliphatic rings. The molecule has 0 unspecified atom stereocenters. The molecule has 0 aromatic carbocycles. The Balaban J connectivity index is 1.78. The summed E-state index contributed by atoms with van der Waals surface area (Å²) in [6.07, 6.45) is 1.21. The second-order valence-electron chi connectivity index (χ2n) is 6.60. The van der Waals surface area contributed by atoms with Gasteiger partial charge in [0.2, 0.25) is 5.13 Å². The Kier molecular flexibility index (Phi) is 5.06. The van der Waals surface area contributed by atoms with Gasteiger partial charge in [0.25, 0.3) is 0 Å². The standard InChI is InChI=1S/C13H22N4O3S2/c1-13(2,3)10-15-12(21-17-10)16-11(18)14-8-9-4-6-22(19,20)7-5-9/h9H,4-8H2,1-3H3,(H2,14,15,16,17,18). The lowest BCUT2D eigenvalue weighted by Gasteiger charge is -2.21. The lowest BCUT2D eigenvalue weighted by Crippen LogP contribution is -2.36. The summed E-state index contributed by atoms with van der Waals surface area (Å²) in [4.78, 5) is 16.1. The minimum Gasteiger partial charge on any atom is -0.338 e. The van der Waals surface area contributed by atoms with Crippen LogP contribution in [0.1, 0.15) is 39.4 Å². The van der Waals surface area contributed by atoms with Crippen molar-refractivity contribution < 1.29 is 13.2 Å². The van der Waals surface area contributed by atoms with Crippen molar-refractivity contribution in [3.05, 3.63) is 5.82 Å². The van der Waals surface area contributed by atoms with Gasteiger partial charge in [0.15, 0.2) is 0 Å². The minimum atomic E-state index is -2.86. The number of hydrogen-bond acceptors (Lipinski definition) is 6. The van der Waals surface area contributed by atoms with E-state index in [1.807, 2.05) is 20.8 Å². The minimum absolute atomic E-state index is 0.152. The fraction of sp³-hybridized carbons (Fsp3) is 0.769. The van der Waals surface area contributed by atoms with Gasteiger partial charge in [-0.3, -0.25) is 5.32 Å². The van der Waals surface area contributed by atoms with Crippen molar-refractivity contribution in [2.24, 2.45) is 5.92 Å². The summed E-state index contributed by atoms with van der Waals surface area (Å²) in [5, 5.41) is 5.90. The van der Waals surface area contributed by atoms with E-state index in [9.17, 15) is 13.2 Å². The summed E-state index contributed by atoms with van der Waals surface area (Å²) in [7, 11) is -2.86. The zero-order valence-corrected chi connectivity index (χ0v) is 14.7. The molecule has 0 atom stereocenters. The van der Waals surface area contributed by atoms with E-state index >= 15 is 0 Å². The van der Waals surface area contributed by atoms with Crippen LogP contribution < -0.4 is 10.6 Å². The second-order valence-corrected chi connectivity index (χ2v) is 9.66. The quantitative estimate of drug-likeness (QED) is 0.869. The third-order valence-electron chi connectivity index (χ3n) is 3.54. The highest BCUT2D eigenvalue weighted by atomic mass is 32.2. The number of anilines is 1. The van der Waals surface area contributed by atoms with Gasteiger partial charge in [-0.15, -0.1) is 0 Å². The number of urea groups is 1. The molecule has 0 saturated carbocycles. The molecular weight excluding hydrogens is 324 g/mol. The fourth-order valence-corrected chi connectivity index (χ4v) is 4.44. The molecule has 7 nitrogen and oxygen atoms in total. The first-order valence-corrected chi connectivity index (χ1v) is 9.85. The van der Waals surface area contributed by atoms with Crippen LogP contribution in [0.25, 0.3) is 0 Å². The first kappa shape index (κ1) is 17.1. The highest BCUT2D eigenvalue weighted by Gasteiger charge is 2.24. The molecule has 1 saturated heterocycles. The summed E-state index contributed by atoms with van der Waals surface area (Å²) >= 11 is 1.15. The molecule has 2 heterocycles. The number of rotatable bonds is 3. The predicted octanol–water partition coefficient (Wildman–Crippen LogP) is 1.78. The zero-order valence-electron chi connectivity index (χ0n) is 13.0.